The third-order valence-corrected chi connectivity index (χ3v) is 1.34. The Balaban J connectivity index is 3.91. The molecule has 0 aromatic rings. The lowest BCUT2D eigenvalue weighted by atomic mass is 10.1. The van der Waals surface area contributed by atoms with E-state index in [9.17, 15) is 4.79 Å². The second kappa shape index (κ2) is 5.70. The standard InChI is InChI=1S/C7H12O5/c1-3-6(12-10)5(8)4-7(9)11-2/h3,5-6,8,10H,1,4H2,2H3/t5-,6+/m0/s1. The summed E-state index contributed by atoms with van der Waals surface area (Å²) >= 11 is 0. The number of aliphatic hydroxyl groups excluding tert-OH is 1. The SMILES string of the molecule is C=C[C@@H](OO)[C@@H](O)CC(=O)OC. The summed E-state index contributed by atoms with van der Waals surface area (Å²) < 4.78 is 4.29. The first-order chi connectivity index (χ1) is 5.65. The molecule has 70 valence electrons. The van der Waals surface area contributed by atoms with Crippen molar-refractivity contribution in [2.75, 3.05) is 7.11 Å². The predicted octanol–water partition coefficient (Wildman–Crippen LogP) is -0.0454. The molecule has 0 amide bonds. The van der Waals surface area contributed by atoms with Crippen LogP contribution in [0.2, 0.25) is 0 Å². The topological polar surface area (TPSA) is 76.0 Å². The molecule has 0 unspecified atom stereocenters. The van der Waals surface area contributed by atoms with Gasteiger partial charge in [-0.3, -0.25) is 10.1 Å². The number of rotatable bonds is 5. The number of carbonyl (C=O) groups excluding carboxylic acids is 1. The zero-order valence-electron chi connectivity index (χ0n) is 6.77. The molecule has 0 spiro atoms. The third-order valence-electron chi connectivity index (χ3n) is 1.34. The average molecular weight is 176 g/mol. The van der Waals surface area contributed by atoms with Crippen molar-refractivity contribution in [2.45, 2.75) is 18.6 Å². The Bertz CT molecular complexity index is 156. The van der Waals surface area contributed by atoms with Gasteiger partial charge in [-0.1, -0.05) is 6.08 Å². The van der Waals surface area contributed by atoms with Gasteiger partial charge in [0.05, 0.1) is 19.6 Å². The van der Waals surface area contributed by atoms with Crippen molar-refractivity contribution < 1.29 is 24.8 Å². The van der Waals surface area contributed by atoms with E-state index in [-0.39, 0.29) is 6.42 Å². The van der Waals surface area contributed by atoms with E-state index in [0.29, 0.717) is 0 Å². The molecule has 5 nitrogen and oxygen atoms in total. The Morgan fingerprint density at radius 2 is 2.33 bits per heavy atom. The van der Waals surface area contributed by atoms with E-state index >= 15 is 0 Å². The summed E-state index contributed by atoms with van der Waals surface area (Å²) in [7, 11) is 1.21. The van der Waals surface area contributed by atoms with Crippen LogP contribution >= 0.6 is 0 Å². The maximum absolute atomic E-state index is 10.6. The summed E-state index contributed by atoms with van der Waals surface area (Å²) in [6.45, 7) is 3.29. The number of esters is 1. The van der Waals surface area contributed by atoms with Crippen LogP contribution in [0.5, 0.6) is 0 Å². The van der Waals surface area contributed by atoms with Gasteiger partial charge in [0, 0.05) is 0 Å². The number of hydrogen-bond donors (Lipinski definition) is 2. The van der Waals surface area contributed by atoms with Crippen LogP contribution in [0.1, 0.15) is 6.42 Å². The van der Waals surface area contributed by atoms with Crippen molar-refractivity contribution in [1.29, 1.82) is 0 Å². The molecule has 12 heavy (non-hydrogen) atoms. The Labute approximate surface area is 70.1 Å². The normalized spacial score (nSPS) is 14.9. The van der Waals surface area contributed by atoms with E-state index in [4.69, 9.17) is 10.4 Å². The molecule has 0 heterocycles. The van der Waals surface area contributed by atoms with Crippen molar-refractivity contribution in [3.63, 3.8) is 0 Å². The number of carbonyl (C=O) groups is 1. The zero-order chi connectivity index (χ0) is 9.56. The number of methoxy groups -OCH3 is 1. The lowest BCUT2D eigenvalue weighted by Gasteiger charge is -2.14. The van der Waals surface area contributed by atoms with Gasteiger partial charge in [0.1, 0.15) is 6.10 Å². The minimum Gasteiger partial charge on any atom is -0.469 e. The summed E-state index contributed by atoms with van der Waals surface area (Å²) in [5, 5.41) is 17.4. The van der Waals surface area contributed by atoms with Crippen LogP contribution in [-0.4, -0.2) is 35.7 Å². The minimum absolute atomic E-state index is 0.242. The van der Waals surface area contributed by atoms with E-state index in [1.807, 2.05) is 0 Å². The molecule has 2 atom stereocenters. The van der Waals surface area contributed by atoms with Gasteiger partial charge in [-0.2, -0.15) is 0 Å². The maximum atomic E-state index is 10.6. The number of aliphatic hydroxyl groups is 1. The molecule has 0 bridgehead atoms. The monoisotopic (exact) mass is 176 g/mol. The van der Waals surface area contributed by atoms with Gasteiger partial charge in [-0.05, 0) is 0 Å². The molecular weight excluding hydrogens is 164 g/mol. The van der Waals surface area contributed by atoms with Gasteiger partial charge in [-0.25, -0.2) is 4.89 Å². The predicted molar refractivity (Wildman–Crippen MR) is 40.3 cm³/mol. The Morgan fingerprint density at radius 1 is 1.75 bits per heavy atom. The van der Waals surface area contributed by atoms with Crippen LogP contribution in [0.15, 0.2) is 12.7 Å². The molecule has 0 aromatic heterocycles. The highest BCUT2D eigenvalue weighted by molar-refractivity contribution is 5.69. The van der Waals surface area contributed by atoms with Gasteiger partial charge in [-0.15, -0.1) is 6.58 Å². The van der Waals surface area contributed by atoms with E-state index in [2.05, 4.69) is 16.2 Å². The fraction of sp³-hybridized carbons (Fsp3) is 0.571. The zero-order valence-corrected chi connectivity index (χ0v) is 6.77. The lowest BCUT2D eigenvalue weighted by molar-refractivity contribution is -0.283. The van der Waals surface area contributed by atoms with Gasteiger partial charge < -0.3 is 9.84 Å². The van der Waals surface area contributed by atoms with Crippen LogP contribution in [0.3, 0.4) is 0 Å². The molecule has 0 saturated heterocycles. The van der Waals surface area contributed by atoms with Crippen molar-refractivity contribution in [1.82, 2.24) is 0 Å². The third kappa shape index (κ3) is 3.47. The molecule has 0 saturated carbocycles. The molecule has 0 fully saturated rings. The molecule has 2 N–H and O–H groups in total. The van der Waals surface area contributed by atoms with Gasteiger partial charge in [0.25, 0.3) is 0 Å². The van der Waals surface area contributed by atoms with Crippen molar-refractivity contribution in [3.05, 3.63) is 12.7 Å². The Morgan fingerprint density at radius 3 is 2.67 bits per heavy atom. The van der Waals surface area contributed by atoms with Gasteiger partial charge in [0.15, 0.2) is 0 Å². The van der Waals surface area contributed by atoms with E-state index < -0.39 is 18.2 Å². The van der Waals surface area contributed by atoms with Gasteiger partial charge >= 0.3 is 5.97 Å². The first-order valence-electron chi connectivity index (χ1n) is 3.33. The first-order valence-corrected chi connectivity index (χ1v) is 3.33. The average Bonchev–Trinajstić information content (AvgIpc) is 2.06. The second-order valence-corrected chi connectivity index (χ2v) is 2.15. The molecule has 5 heteroatoms. The largest absolute Gasteiger partial charge is 0.469 e. The lowest BCUT2D eigenvalue weighted by Crippen LogP contribution is -2.28. The van der Waals surface area contributed by atoms with Crippen LogP contribution in [0.4, 0.5) is 0 Å². The Kier molecular flexibility index (Phi) is 5.27. The molecule has 0 aromatic carbocycles. The number of hydrogen-bond acceptors (Lipinski definition) is 5. The van der Waals surface area contributed by atoms with Crippen LogP contribution in [-0.2, 0) is 14.4 Å². The van der Waals surface area contributed by atoms with Gasteiger partial charge in [0.2, 0.25) is 0 Å². The molecular formula is C7H12O5. The van der Waals surface area contributed by atoms with E-state index in [0.717, 1.165) is 0 Å². The summed E-state index contributed by atoms with van der Waals surface area (Å²) in [5.41, 5.74) is 0. The summed E-state index contributed by atoms with van der Waals surface area (Å²) in [6, 6.07) is 0. The van der Waals surface area contributed by atoms with Crippen LogP contribution in [0, 0.1) is 0 Å². The highest BCUT2D eigenvalue weighted by Gasteiger charge is 2.20. The molecule has 0 aliphatic carbocycles. The Hall–Kier alpha value is -0.910. The van der Waals surface area contributed by atoms with Crippen molar-refractivity contribution in [3.8, 4) is 0 Å². The van der Waals surface area contributed by atoms with Crippen molar-refractivity contribution >= 4 is 5.97 Å². The van der Waals surface area contributed by atoms with E-state index in [1.54, 1.807) is 0 Å². The van der Waals surface area contributed by atoms with Crippen LogP contribution in [0.25, 0.3) is 0 Å². The second-order valence-electron chi connectivity index (χ2n) is 2.15. The quantitative estimate of drug-likeness (QED) is 0.266. The maximum Gasteiger partial charge on any atom is 0.308 e. The highest BCUT2D eigenvalue weighted by atomic mass is 17.1. The number of ether oxygens (including phenoxy) is 1. The molecule has 0 radical (unpaired) electrons. The highest BCUT2D eigenvalue weighted by Crippen LogP contribution is 2.04. The molecule has 0 rings (SSSR count). The fourth-order valence-electron chi connectivity index (χ4n) is 0.641. The summed E-state index contributed by atoms with van der Waals surface area (Å²) in [6.07, 6.45) is -1.16. The minimum atomic E-state index is -1.14. The van der Waals surface area contributed by atoms with Crippen molar-refractivity contribution in [2.24, 2.45) is 0 Å². The van der Waals surface area contributed by atoms with Crippen LogP contribution < -0.4 is 0 Å². The van der Waals surface area contributed by atoms with E-state index in [1.165, 1.54) is 13.2 Å². The molecule has 0 aliphatic heterocycles. The molecule has 0 aliphatic rings. The smallest absolute Gasteiger partial charge is 0.308 e. The summed E-state index contributed by atoms with van der Waals surface area (Å²) in [4.78, 5) is 14.4. The summed E-state index contributed by atoms with van der Waals surface area (Å²) in [5.74, 6) is -0.577. The first kappa shape index (κ1) is 11.1. The fourth-order valence-corrected chi connectivity index (χ4v) is 0.641.